The van der Waals surface area contributed by atoms with E-state index in [0.29, 0.717) is 40.1 Å². The van der Waals surface area contributed by atoms with Gasteiger partial charge in [-0.3, -0.25) is 28.9 Å². The van der Waals surface area contributed by atoms with E-state index in [1.165, 1.54) is 11.0 Å². The molecule has 4 aliphatic rings. The number of allylic oxidation sites excluding steroid dienone is 6. The minimum atomic E-state index is -0.713. The lowest BCUT2D eigenvalue weighted by molar-refractivity contribution is -0.123. The van der Waals surface area contributed by atoms with Crippen molar-refractivity contribution in [3.63, 3.8) is 0 Å². The number of anilines is 1. The minimum Gasteiger partial charge on any atom is -0.491 e. The lowest BCUT2D eigenvalue weighted by atomic mass is 9.59. The number of nitrogens with zero attached hydrogens (tertiary/aromatic N) is 1. The molecule has 7 rings (SSSR count). The van der Waals surface area contributed by atoms with Crippen LogP contribution in [0, 0.1) is 17.8 Å². The van der Waals surface area contributed by atoms with E-state index in [1.54, 1.807) is 60.7 Å². The van der Waals surface area contributed by atoms with Crippen molar-refractivity contribution in [2.45, 2.75) is 18.8 Å². The molecule has 46 heavy (non-hydrogen) atoms. The molecule has 230 valence electrons. The van der Waals surface area contributed by atoms with E-state index in [2.05, 4.69) is 15.9 Å². The number of benzene rings is 3. The third kappa shape index (κ3) is 4.91. The van der Waals surface area contributed by atoms with E-state index >= 15 is 0 Å². The van der Waals surface area contributed by atoms with Crippen molar-refractivity contribution in [1.29, 1.82) is 0 Å². The largest absolute Gasteiger partial charge is 0.491 e. The summed E-state index contributed by atoms with van der Waals surface area (Å²) >= 11 is 3.25. The summed E-state index contributed by atoms with van der Waals surface area (Å²) in [4.78, 5) is 69.1. The van der Waals surface area contributed by atoms with Crippen LogP contribution in [0.15, 0.2) is 112 Å². The van der Waals surface area contributed by atoms with E-state index in [0.717, 1.165) is 11.1 Å². The number of fused-ring (bicyclic) bond motifs is 3. The molecule has 1 fully saturated rings. The number of aliphatic hydroxyl groups is 1. The number of halogens is 1. The van der Waals surface area contributed by atoms with Crippen LogP contribution in [0.1, 0.15) is 40.2 Å². The molecule has 0 radical (unpaired) electrons. The highest BCUT2D eigenvalue weighted by Gasteiger charge is 2.56. The van der Waals surface area contributed by atoms with E-state index in [-0.39, 0.29) is 53.3 Å². The number of hydrogen-bond acceptors (Lipinski definition) is 7. The summed E-state index contributed by atoms with van der Waals surface area (Å²) in [6.45, 7) is 0.00811. The minimum absolute atomic E-state index is 0.130. The zero-order chi connectivity index (χ0) is 32.1. The molecule has 1 heterocycles. The van der Waals surface area contributed by atoms with Gasteiger partial charge >= 0.3 is 0 Å². The first kappa shape index (κ1) is 30.0. The maximum absolute atomic E-state index is 14.2. The summed E-state index contributed by atoms with van der Waals surface area (Å²) < 4.78 is 5.69. The first-order chi connectivity index (χ1) is 22.3. The topological polar surface area (TPSA) is 118 Å². The number of rotatable bonds is 7. The lowest BCUT2D eigenvalue weighted by Gasteiger charge is -2.42. The summed E-state index contributed by atoms with van der Waals surface area (Å²) in [6, 6.07) is 22.5. The highest BCUT2D eigenvalue weighted by molar-refractivity contribution is 9.12. The highest BCUT2D eigenvalue weighted by Crippen LogP contribution is 2.55. The zero-order valence-electron chi connectivity index (χ0n) is 24.5. The van der Waals surface area contributed by atoms with Crippen LogP contribution >= 0.6 is 15.9 Å². The molecule has 3 aromatic rings. The van der Waals surface area contributed by atoms with Crippen molar-refractivity contribution < 1.29 is 33.8 Å². The van der Waals surface area contributed by atoms with Gasteiger partial charge in [0, 0.05) is 34.3 Å². The number of imide groups is 1. The van der Waals surface area contributed by atoms with Gasteiger partial charge in [-0.1, -0.05) is 54.1 Å². The molecule has 2 amide bonds. The first-order valence-corrected chi connectivity index (χ1v) is 15.9. The van der Waals surface area contributed by atoms with Crippen LogP contribution in [-0.2, 0) is 19.2 Å². The Hall–Kier alpha value is -4.73. The van der Waals surface area contributed by atoms with Crippen molar-refractivity contribution in [2.75, 3.05) is 18.1 Å². The SMILES string of the molecule is O=C1C=C(Br)C(=O)C2=C1[C@@H](c1ccc(OCCO)cc1)C1=CC[C@@H]3C(=O)N(c4ccc(C(=O)c5ccccc5)cc4)C(=O)[C@@H]3[C@@H]1C2. The predicted molar refractivity (Wildman–Crippen MR) is 172 cm³/mol. The number of ketones is 3. The smallest absolute Gasteiger partial charge is 0.238 e. The molecular weight excluding hydrogens is 650 g/mol. The summed E-state index contributed by atoms with van der Waals surface area (Å²) in [6.07, 6.45) is 3.76. The fourth-order valence-corrected chi connectivity index (χ4v) is 7.73. The molecule has 3 aliphatic carbocycles. The Morgan fingerprint density at radius 1 is 0.870 bits per heavy atom. The number of ether oxygens (including phenoxy) is 1. The van der Waals surface area contributed by atoms with Gasteiger partial charge in [-0.05, 0) is 76.7 Å². The van der Waals surface area contributed by atoms with Gasteiger partial charge < -0.3 is 9.84 Å². The molecule has 8 nitrogen and oxygen atoms in total. The number of carbonyl (C=O) groups excluding carboxylic acids is 5. The number of aliphatic hydroxyl groups excluding tert-OH is 1. The second-order valence-electron chi connectivity index (χ2n) is 11.8. The standard InChI is InChI=1S/C37H28BrNO7/c38-29-19-30(41)33-28(35(29)43)18-27-25(31(33)20-8-12-24(13-9-20)46-17-16-40)14-15-26-32(27)37(45)39(36(26)44)23-10-6-22(7-11-23)34(42)21-4-2-1-3-5-21/h1-14,19,26-27,31-32,40H,15-18H2/t26-,27+,31-,32-/m0/s1. The van der Waals surface area contributed by atoms with Crippen molar-refractivity contribution in [1.82, 2.24) is 0 Å². The monoisotopic (exact) mass is 677 g/mol. The fourth-order valence-electron chi connectivity index (χ4n) is 7.28. The van der Waals surface area contributed by atoms with E-state index in [4.69, 9.17) is 9.84 Å². The molecule has 9 heteroatoms. The maximum Gasteiger partial charge on any atom is 0.238 e. The zero-order valence-corrected chi connectivity index (χ0v) is 26.1. The molecule has 0 aromatic heterocycles. The van der Waals surface area contributed by atoms with Crippen LogP contribution in [0.2, 0.25) is 0 Å². The molecule has 0 unspecified atom stereocenters. The predicted octanol–water partition coefficient (Wildman–Crippen LogP) is 5.26. The van der Waals surface area contributed by atoms with Gasteiger partial charge in [0.05, 0.1) is 28.6 Å². The average molecular weight is 679 g/mol. The van der Waals surface area contributed by atoms with E-state index in [9.17, 15) is 24.0 Å². The van der Waals surface area contributed by atoms with Gasteiger partial charge in [-0.25, -0.2) is 0 Å². The van der Waals surface area contributed by atoms with Gasteiger partial charge in [-0.15, -0.1) is 0 Å². The van der Waals surface area contributed by atoms with Crippen LogP contribution in [0.25, 0.3) is 0 Å². The molecule has 4 atom stereocenters. The molecule has 1 N–H and O–H groups in total. The molecule has 0 bridgehead atoms. The van der Waals surface area contributed by atoms with Gasteiger partial charge in [-0.2, -0.15) is 0 Å². The van der Waals surface area contributed by atoms with Gasteiger partial charge in [0.2, 0.25) is 11.8 Å². The highest BCUT2D eigenvalue weighted by atomic mass is 79.9. The average Bonchev–Trinajstić information content (AvgIpc) is 3.34. The first-order valence-electron chi connectivity index (χ1n) is 15.1. The second kappa shape index (κ2) is 11.9. The van der Waals surface area contributed by atoms with Crippen LogP contribution in [0.5, 0.6) is 5.75 Å². The van der Waals surface area contributed by atoms with E-state index in [1.807, 2.05) is 24.3 Å². The lowest BCUT2D eigenvalue weighted by Crippen LogP contribution is -2.39. The van der Waals surface area contributed by atoms with Gasteiger partial charge in [0.1, 0.15) is 12.4 Å². The molecule has 0 saturated carbocycles. The van der Waals surface area contributed by atoms with Gasteiger partial charge in [0.25, 0.3) is 0 Å². The third-order valence-electron chi connectivity index (χ3n) is 9.33. The number of amides is 2. The fraction of sp³-hybridized carbons (Fsp3) is 0.216. The Morgan fingerprint density at radius 3 is 2.26 bits per heavy atom. The third-order valence-corrected chi connectivity index (χ3v) is 9.92. The number of carbonyl (C=O) groups is 5. The van der Waals surface area contributed by atoms with E-state index < -0.39 is 23.7 Å². The summed E-state index contributed by atoms with van der Waals surface area (Å²) in [7, 11) is 0. The Labute approximate surface area is 273 Å². The maximum atomic E-state index is 14.2. The van der Waals surface area contributed by atoms with Crippen LogP contribution < -0.4 is 9.64 Å². The normalized spacial score (nSPS) is 23.8. The molecule has 1 aliphatic heterocycles. The molecule has 0 spiro atoms. The summed E-state index contributed by atoms with van der Waals surface area (Å²) in [5.41, 5.74) is 3.73. The summed E-state index contributed by atoms with van der Waals surface area (Å²) in [5, 5.41) is 9.12. The second-order valence-corrected chi connectivity index (χ2v) is 12.6. The molecule has 3 aromatic carbocycles. The van der Waals surface area contributed by atoms with Crippen LogP contribution in [0.4, 0.5) is 5.69 Å². The Morgan fingerprint density at radius 2 is 1.57 bits per heavy atom. The number of Topliss-reactive ketones (excluding diaryl/α,β-unsaturated/α-hetero) is 1. The Bertz CT molecular complexity index is 1890. The molecular formula is C37H28BrNO7. The van der Waals surface area contributed by atoms with Crippen molar-refractivity contribution >= 4 is 50.8 Å². The Balaban J connectivity index is 1.23. The quantitative estimate of drug-likeness (QED) is 0.157. The van der Waals surface area contributed by atoms with Gasteiger partial charge in [0.15, 0.2) is 17.3 Å². The van der Waals surface area contributed by atoms with Crippen molar-refractivity contribution in [3.05, 3.63) is 129 Å². The summed E-state index contributed by atoms with van der Waals surface area (Å²) in [5.74, 6) is -3.22. The Kier molecular flexibility index (Phi) is 7.74. The van der Waals surface area contributed by atoms with Crippen LogP contribution in [-0.4, -0.2) is 47.5 Å². The van der Waals surface area contributed by atoms with Crippen molar-refractivity contribution in [3.8, 4) is 5.75 Å². The molecule has 1 saturated heterocycles. The number of hydrogen-bond donors (Lipinski definition) is 1. The van der Waals surface area contributed by atoms with Crippen LogP contribution in [0.3, 0.4) is 0 Å². The van der Waals surface area contributed by atoms with Crippen molar-refractivity contribution in [2.24, 2.45) is 17.8 Å².